The number of phenolic OH excluding ortho intramolecular Hbond substituents is 1. The van der Waals surface area contributed by atoms with Crippen molar-refractivity contribution in [2.24, 2.45) is 5.16 Å². The number of unbranched alkanes of at least 4 members (excludes halogenated alkanes) is 1. The van der Waals surface area contributed by atoms with Crippen LogP contribution in [0.5, 0.6) is 5.75 Å². The van der Waals surface area contributed by atoms with Gasteiger partial charge in [0.25, 0.3) is 0 Å². The van der Waals surface area contributed by atoms with Crippen LogP contribution in [0.25, 0.3) is 5.57 Å². The van der Waals surface area contributed by atoms with Crippen molar-refractivity contribution in [3.8, 4) is 5.75 Å². The predicted molar refractivity (Wildman–Crippen MR) is 73.0 cm³/mol. The minimum absolute atomic E-state index is 0.249. The molecule has 0 aromatic heterocycles. The molecule has 0 atom stereocenters. The molecule has 0 saturated heterocycles. The summed E-state index contributed by atoms with van der Waals surface area (Å²) < 4.78 is 0. The highest BCUT2D eigenvalue weighted by Crippen LogP contribution is 2.35. The summed E-state index contributed by atoms with van der Waals surface area (Å²) >= 11 is 0. The second kappa shape index (κ2) is 5.71. The van der Waals surface area contributed by atoms with E-state index in [9.17, 15) is 5.11 Å². The Morgan fingerprint density at radius 1 is 1.28 bits per heavy atom. The summed E-state index contributed by atoms with van der Waals surface area (Å²) in [6, 6.07) is 7.16. The van der Waals surface area contributed by atoms with Gasteiger partial charge in [0.05, 0.1) is 5.71 Å². The van der Waals surface area contributed by atoms with Gasteiger partial charge in [-0.05, 0) is 43.4 Å². The van der Waals surface area contributed by atoms with E-state index in [2.05, 4.69) is 12.1 Å². The molecular formula is C15H19NO2. The number of nitrogens with zero attached hydrogens (tertiary/aromatic N) is 1. The van der Waals surface area contributed by atoms with Crippen molar-refractivity contribution in [3.63, 3.8) is 0 Å². The number of aromatic hydroxyl groups is 1. The van der Waals surface area contributed by atoms with Crippen molar-refractivity contribution in [2.45, 2.75) is 39.0 Å². The molecule has 0 heterocycles. The predicted octanol–water partition coefficient (Wildman–Crippen LogP) is 3.96. The maximum atomic E-state index is 9.57. The minimum atomic E-state index is 0.249. The molecule has 0 fully saturated rings. The quantitative estimate of drug-likeness (QED) is 0.623. The fourth-order valence-electron chi connectivity index (χ4n) is 2.50. The van der Waals surface area contributed by atoms with E-state index in [4.69, 9.17) is 5.21 Å². The number of benzene rings is 1. The molecule has 1 aromatic rings. The van der Waals surface area contributed by atoms with Gasteiger partial charge < -0.3 is 10.3 Å². The maximum Gasteiger partial charge on any atom is 0.116 e. The first kappa shape index (κ1) is 12.7. The van der Waals surface area contributed by atoms with Crippen molar-refractivity contribution in [1.82, 2.24) is 0 Å². The number of phenols is 1. The number of oxime groups is 1. The molecule has 1 aliphatic carbocycles. The molecule has 1 aromatic carbocycles. The number of rotatable bonds is 4. The Morgan fingerprint density at radius 2 is 2.11 bits per heavy atom. The van der Waals surface area contributed by atoms with Crippen LogP contribution in [0.2, 0.25) is 0 Å². The van der Waals surface area contributed by atoms with E-state index in [1.165, 1.54) is 5.57 Å². The summed E-state index contributed by atoms with van der Waals surface area (Å²) in [5.74, 6) is 0.249. The second-order valence-corrected chi connectivity index (χ2v) is 4.68. The van der Waals surface area contributed by atoms with E-state index in [1.54, 1.807) is 12.1 Å². The molecule has 0 saturated carbocycles. The average molecular weight is 245 g/mol. The molecule has 18 heavy (non-hydrogen) atoms. The van der Waals surface area contributed by atoms with E-state index in [0.29, 0.717) is 0 Å². The lowest BCUT2D eigenvalue weighted by Gasteiger charge is -2.08. The molecule has 0 bridgehead atoms. The van der Waals surface area contributed by atoms with Gasteiger partial charge >= 0.3 is 0 Å². The van der Waals surface area contributed by atoms with Crippen molar-refractivity contribution in [3.05, 3.63) is 35.4 Å². The van der Waals surface area contributed by atoms with Crippen LogP contribution in [0.1, 0.15) is 44.6 Å². The lowest BCUT2D eigenvalue weighted by molar-refractivity contribution is 0.319. The van der Waals surface area contributed by atoms with Gasteiger partial charge in [-0.25, -0.2) is 0 Å². The first-order chi connectivity index (χ1) is 8.76. The molecule has 0 unspecified atom stereocenters. The average Bonchev–Trinajstić information content (AvgIpc) is 2.79. The zero-order chi connectivity index (χ0) is 13.0. The fourth-order valence-corrected chi connectivity index (χ4v) is 2.50. The van der Waals surface area contributed by atoms with Crippen LogP contribution in [0, 0.1) is 0 Å². The molecule has 0 spiro atoms. The van der Waals surface area contributed by atoms with Crippen LogP contribution in [-0.2, 0) is 0 Å². The van der Waals surface area contributed by atoms with Gasteiger partial charge in [-0.15, -0.1) is 0 Å². The second-order valence-electron chi connectivity index (χ2n) is 4.68. The Hall–Kier alpha value is -1.77. The summed E-state index contributed by atoms with van der Waals surface area (Å²) in [5, 5.41) is 22.1. The van der Waals surface area contributed by atoms with E-state index < -0.39 is 0 Å². The normalized spacial score (nSPS) is 17.7. The van der Waals surface area contributed by atoms with E-state index in [1.807, 2.05) is 12.1 Å². The van der Waals surface area contributed by atoms with Gasteiger partial charge in [0.1, 0.15) is 5.75 Å². The molecule has 0 amide bonds. The summed E-state index contributed by atoms with van der Waals surface area (Å²) in [7, 11) is 0. The smallest absolute Gasteiger partial charge is 0.116 e. The van der Waals surface area contributed by atoms with Gasteiger partial charge in [0.2, 0.25) is 0 Å². The molecule has 3 nitrogen and oxygen atoms in total. The van der Waals surface area contributed by atoms with Gasteiger partial charge in [-0.3, -0.25) is 0 Å². The standard InChI is InChI=1S/C15H19NO2/c1-2-3-5-11-8-9-14(16-18)15(11)12-6-4-7-13(17)10-12/h4,6-7,10,17-18H,2-3,5,8-9H2,1H3/b16-14+. The zero-order valence-electron chi connectivity index (χ0n) is 10.7. The third kappa shape index (κ3) is 2.55. The number of allylic oxidation sites excluding steroid dienone is 2. The van der Waals surface area contributed by atoms with Crippen molar-refractivity contribution in [1.29, 1.82) is 0 Å². The first-order valence-electron chi connectivity index (χ1n) is 6.49. The largest absolute Gasteiger partial charge is 0.508 e. The topological polar surface area (TPSA) is 52.8 Å². The summed E-state index contributed by atoms with van der Waals surface area (Å²) in [6.45, 7) is 2.17. The van der Waals surface area contributed by atoms with Gasteiger partial charge in [0, 0.05) is 5.57 Å². The Morgan fingerprint density at radius 3 is 2.78 bits per heavy atom. The van der Waals surface area contributed by atoms with Crippen LogP contribution < -0.4 is 0 Å². The monoisotopic (exact) mass is 245 g/mol. The lowest BCUT2D eigenvalue weighted by atomic mass is 9.98. The molecular weight excluding hydrogens is 226 g/mol. The van der Waals surface area contributed by atoms with E-state index >= 15 is 0 Å². The summed E-state index contributed by atoms with van der Waals surface area (Å²) in [5.41, 5.74) is 4.07. The molecule has 2 rings (SSSR count). The Balaban J connectivity index is 2.40. The fraction of sp³-hybridized carbons (Fsp3) is 0.400. The van der Waals surface area contributed by atoms with Crippen LogP contribution in [0.3, 0.4) is 0 Å². The van der Waals surface area contributed by atoms with Gasteiger partial charge in [-0.2, -0.15) is 0 Å². The van der Waals surface area contributed by atoms with Crippen molar-refractivity contribution < 1.29 is 10.3 Å². The molecule has 3 heteroatoms. The molecule has 2 N–H and O–H groups in total. The SMILES string of the molecule is CCCCC1=C(c2cccc(O)c2)/C(=N/O)CC1. The molecule has 96 valence electrons. The highest BCUT2D eigenvalue weighted by Gasteiger charge is 2.22. The molecule has 0 aliphatic heterocycles. The molecule has 1 aliphatic rings. The van der Waals surface area contributed by atoms with Gasteiger partial charge in [-0.1, -0.05) is 36.2 Å². The van der Waals surface area contributed by atoms with Gasteiger partial charge in [0.15, 0.2) is 0 Å². The van der Waals surface area contributed by atoms with Crippen LogP contribution in [0.15, 0.2) is 35.0 Å². The van der Waals surface area contributed by atoms with E-state index in [-0.39, 0.29) is 5.75 Å². The summed E-state index contributed by atoms with van der Waals surface area (Å²) in [6.07, 6.45) is 5.10. The maximum absolute atomic E-state index is 9.57. The third-order valence-electron chi connectivity index (χ3n) is 3.39. The number of hydrogen-bond acceptors (Lipinski definition) is 3. The van der Waals surface area contributed by atoms with Crippen molar-refractivity contribution in [2.75, 3.05) is 0 Å². The van der Waals surface area contributed by atoms with Crippen LogP contribution >= 0.6 is 0 Å². The lowest BCUT2D eigenvalue weighted by Crippen LogP contribution is -1.97. The van der Waals surface area contributed by atoms with Crippen LogP contribution in [-0.4, -0.2) is 16.0 Å². The first-order valence-corrected chi connectivity index (χ1v) is 6.49. The van der Waals surface area contributed by atoms with E-state index in [0.717, 1.165) is 49.0 Å². The highest BCUT2D eigenvalue weighted by atomic mass is 16.4. The highest BCUT2D eigenvalue weighted by molar-refractivity contribution is 6.26. The van der Waals surface area contributed by atoms with Crippen LogP contribution in [0.4, 0.5) is 0 Å². The Bertz CT molecular complexity index is 489. The number of hydrogen-bond donors (Lipinski definition) is 2. The Labute approximate surface area is 107 Å². The molecule has 0 radical (unpaired) electrons. The zero-order valence-corrected chi connectivity index (χ0v) is 10.7. The minimum Gasteiger partial charge on any atom is -0.508 e. The Kier molecular flexibility index (Phi) is 4.03. The third-order valence-corrected chi connectivity index (χ3v) is 3.39. The summed E-state index contributed by atoms with van der Waals surface area (Å²) in [4.78, 5) is 0. The van der Waals surface area contributed by atoms with Crippen molar-refractivity contribution >= 4 is 11.3 Å².